The average molecular weight is 328 g/mol. The molecule has 0 saturated carbocycles. The van der Waals surface area contributed by atoms with Crippen LogP contribution in [0, 0.1) is 11.3 Å². The van der Waals surface area contributed by atoms with E-state index in [2.05, 4.69) is 48.5 Å². The van der Waals surface area contributed by atoms with Gasteiger partial charge in [-0.25, -0.2) is 4.79 Å². The number of urea groups is 1. The zero-order valence-corrected chi connectivity index (χ0v) is 14.8. The Morgan fingerprint density at radius 2 is 2.00 bits per heavy atom. The molecular formula is C15H28N4O2S. The van der Waals surface area contributed by atoms with Gasteiger partial charge in [0.15, 0.2) is 0 Å². The third-order valence-electron chi connectivity index (χ3n) is 4.04. The molecule has 0 aliphatic carbocycles. The van der Waals surface area contributed by atoms with Gasteiger partial charge in [0.05, 0.1) is 0 Å². The maximum absolute atomic E-state index is 12.0. The highest BCUT2D eigenvalue weighted by molar-refractivity contribution is 7.15. The van der Waals surface area contributed by atoms with E-state index in [1.54, 1.807) is 0 Å². The van der Waals surface area contributed by atoms with Gasteiger partial charge in [0, 0.05) is 19.6 Å². The Hall–Kier alpha value is -1.21. The standard InChI is InChI=1S/C15H28N4O2S/c1-5-15(6-2,7-8-20)10-16-13(21)17-14-19-18-12(22-14)9-11(3)4/h11,20H,5-10H2,1-4H3,(H2,16,17,19,21). The minimum atomic E-state index is -0.267. The molecule has 0 fully saturated rings. The summed E-state index contributed by atoms with van der Waals surface area (Å²) in [6.45, 7) is 9.10. The smallest absolute Gasteiger partial charge is 0.321 e. The van der Waals surface area contributed by atoms with Gasteiger partial charge in [-0.3, -0.25) is 5.32 Å². The number of aromatic nitrogens is 2. The van der Waals surface area contributed by atoms with E-state index in [0.717, 1.165) is 24.3 Å². The van der Waals surface area contributed by atoms with Crippen molar-refractivity contribution in [3.05, 3.63) is 5.01 Å². The monoisotopic (exact) mass is 328 g/mol. The fourth-order valence-electron chi connectivity index (χ4n) is 2.32. The number of carbonyl (C=O) groups is 1. The Morgan fingerprint density at radius 1 is 1.32 bits per heavy atom. The van der Waals surface area contributed by atoms with Gasteiger partial charge in [-0.05, 0) is 30.6 Å². The van der Waals surface area contributed by atoms with Crippen LogP contribution in [0.3, 0.4) is 0 Å². The molecule has 0 radical (unpaired) electrons. The van der Waals surface area contributed by atoms with Crippen LogP contribution in [0.25, 0.3) is 0 Å². The summed E-state index contributed by atoms with van der Waals surface area (Å²) in [4.78, 5) is 12.0. The van der Waals surface area contributed by atoms with E-state index in [1.165, 1.54) is 11.3 Å². The molecule has 126 valence electrons. The minimum absolute atomic E-state index is 0.0456. The van der Waals surface area contributed by atoms with E-state index in [1.807, 2.05) is 0 Å². The van der Waals surface area contributed by atoms with Gasteiger partial charge in [-0.15, -0.1) is 10.2 Å². The van der Waals surface area contributed by atoms with Crippen LogP contribution in [-0.4, -0.2) is 34.5 Å². The topological polar surface area (TPSA) is 87.1 Å². The number of hydrogen-bond acceptors (Lipinski definition) is 5. The van der Waals surface area contributed by atoms with Crippen molar-refractivity contribution in [2.24, 2.45) is 11.3 Å². The zero-order chi connectivity index (χ0) is 16.6. The van der Waals surface area contributed by atoms with E-state index in [9.17, 15) is 9.90 Å². The lowest BCUT2D eigenvalue weighted by atomic mass is 9.79. The van der Waals surface area contributed by atoms with E-state index < -0.39 is 0 Å². The van der Waals surface area contributed by atoms with Crippen LogP contribution in [0.15, 0.2) is 0 Å². The molecule has 0 bridgehead atoms. The second-order valence-corrected chi connectivity index (χ2v) is 7.15. The molecule has 0 unspecified atom stereocenters. The second-order valence-electron chi connectivity index (χ2n) is 6.09. The Bertz CT molecular complexity index is 458. The van der Waals surface area contributed by atoms with Crippen LogP contribution in [-0.2, 0) is 6.42 Å². The predicted octanol–water partition coefficient (Wildman–Crippen LogP) is 3.05. The summed E-state index contributed by atoms with van der Waals surface area (Å²) in [7, 11) is 0. The first-order valence-corrected chi connectivity index (χ1v) is 8.74. The van der Waals surface area contributed by atoms with Gasteiger partial charge < -0.3 is 10.4 Å². The van der Waals surface area contributed by atoms with Crippen LogP contribution in [0.2, 0.25) is 0 Å². The Balaban J connectivity index is 2.50. The van der Waals surface area contributed by atoms with Crippen molar-refractivity contribution in [1.29, 1.82) is 0 Å². The fourth-order valence-corrected chi connectivity index (χ4v) is 3.27. The van der Waals surface area contributed by atoms with Crippen LogP contribution in [0.4, 0.5) is 9.93 Å². The molecule has 0 spiro atoms. The average Bonchev–Trinajstić information content (AvgIpc) is 2.90. The number of amides is 2. The van der Waals surface area contributed by atoms with Gasteiger partial charge >= 0.3 is 6.03 Å². The van der Waals surface area contributed by atoms with Gasteiger partial charge in [0.25, 0.3) is 0 Å². The molecule has 3 N–H and O–H groups in total. The number of rotatable bonds is 9. The molecule has 0 aliphatic rings. The lowest BCUT2D eigenvalue weighted by Crippen LogP contribution is -2.39. The summed E-state index contributed by atoms with van der Waals surface area (Å²) in [6.07, 6.45) is 3.40. The van der Waals surface area contributed by atoms with Gasteiger partial charge in [-0.1, -0.05) is 39.0 Å². The van der Waals surface area contributed by atoms with Gasteiger partial charge in [0.1, 0.15) is 5.01 Å². The summed E-state index contributed by atoms with van der Waals surface area (Å²) in [5.74, 6) is 0.517. The highest BCUT2D eigenvalue weighted by Gasteiger charge is 2.26. The lowest BCUT2D eigenvalue weighted by molar-refractivity contribution is 0.165. The molecule has 0 aromatic carbocycles. The maximum atomic E-state index is 12.0. The zero-order valence-electron chi connectivity index (χ0n) is 14.0. The number of nitrogens with zero attached hydrogens (tertiary/aromatic N) is 2. The first-order chi connectivity index (χ1) is 10.4. The highest BCUT2D eigenvalue weighted by atomic mass is 32.1. The molecule has 7 heteroatoms. The number of nitrogens with one attached hydrogen (secondary N) is 2. The number of aliphatic hydroxyl groups excluding tert-OH is 1. The normalized spacial score (nSPS) is 11.7. The molecular weight excluding hydrogens is 300 g/mol. The van der Waals surface area contributed by atoms with E-state index in [-0.39, 0.29) is 18.1 Å². The SMILES string of the molecule is CCC(CC)(CCO)CNC(=O)Nc1nnc(CC(C)C)s1. The van der Waals surface area contributed by atoms with Crippen LogP contribution >= 0.6 is 11.3 Å². The second kappa shape index (κ2) is 9.05. The molecule has 6 nitrogen and oxygen atoms in total. The predicted molar refractivity (Wildman–Crippen MR) is 90.2 cm³/mol. The molecule has 0 aliphatic heterocycles. The quantitative estimate of drug-likeness (QED) is 0.650. The van der Waals surface area contributed by atoms with Crippen molar-refractivity contribution in [2.75, 3.05) is 18.5 Å². The van der Waals surface area contributed by atoms with Crippen LogP contribution < -0.4 is 10.6 Å². The summed E-state index contributed by atoms with van der Waals surface area (Å²) in [6, 6.07) is -0.267. The van der Waals surface area contributed by atoms with Crippen molar-refractivity contribution < 1.29 is 9.90 Å². The number of carbonyl (C=O) groups excluding carboxylic acids is 1. The van der Waals surface area contributed by atoms with Crippen LogP contribution in [0.5, 0.6) is 0 Å². The van der Waals surface area contributed by atoms with E-state index >= 15 is 0 Å². The molecule has 1 heterocycles. The van der Waals surface area contributed by atoms with Crippen molar-refractivity contribution in [3.8, 4) is 0 Å². The first kappa shape index (κ1) is 18.8. The third-order valence-corrected chi connectivity index (χ3v) is 4.90. The largest absolute Gasteiger partial charge is 0.396 e. The molecule has 1 aromatic heterocycles. The first-order valence-electron chi connectivity index (χ1n) is 7.92. The molecule has 1 aromatic rings. The van der Waals surface area contributed by atoms with Crippen LogP contribution in [0.1, 0.15) is 52.0 Å². The highest BCUT2D eigenvalue weighted by Crippen LogP contribution is 2.29. The van der Waals surface area contributed by atoms with Crippen molar-refractivity contribution >= 4 is 22.5 Å². The number of hydrogen-bond donors (Lipinski definition) is 3. The van der Waals surface area contributed by atoms with E-state index in [4.69, 9.17) is 0 Å². The van der Waals surface area contributed by atoms with Crippen molar-refractivity contribution in [3.63, 3.8) is 0 Å². The Kier molecular flexibility index (Phi) is 7.75. The minimum Gasteiger partial charge on any atom is -0.396 e. The maximum Gasteiger partial charge on any atom is 0.321 e. The summed E-state index contributed by atoms with van der Waals surface area (Å²) >= 11 is 1.41. The summed E-state index contributed by atoms with van der Waals surface area (Å²) in [5.41, 5.74) is -0.0456. The summed E-state index contributed by atoms with van der Waals surface area (Å²) < 4.78 is 0. The molecule has 22 heavy (non-hydrogen) atoms. The van der Waals surface area contributed by atoms with Gasteiger partial charge in [0.2, 0.25) is 5.13 Å². The third kappa shape index (κ3) is 5.88. The Labute approximate surface area is 136 Å². The molecule has 2 amide bonds. The molecule has 0 atom stereocenters. The lowest BCUT2D eigenvalue weighted by Gasteiger charge is -2.31. The number of anilines is 1. The van der Waals surface area contributed by atoms with E-state index in [0.29, 0.717) is 24.0 Å². The molecule has 0 saturated heterocycles. The number of aliphatic hydroxyl groups is 1. The van der Waals surface area contributed by atoms with Crippen molar-refractivity contribution in [2.45, 2.75) is 53.4 Å². The Morgan fingerprint density at radius 3 is 2.55 bits per heavy atom. The fraction of sp³-hybridized carbons (Fsp3) is 0.800. The molecule has 1 rings (SSSR count). The van der Waals surface area contributed by atoms with Gasteiger partial charge in [-0.2, -0.15) is 0 Å². The van der Waals surface area contributed by atoms with Crippen molar-refractivity contribution in [1.82, 2.24) is 15.5 Å². The summed E-state index contributed by atoms with van der Waals surface area (Å²) in [5, 5.41) is 24.3.